The number of aromatic nitrogens is 4. The maximum atomic E-state index is 12.8. The first-order valence-electron chi connectivity index (χ1n) is 9.62. The summed E-state index contributed by atoms with van der Waals surface area (Å²) in [4.78, 5) is 17.0. The Balaban J connectivity index is 1.41. The van der Waals surface area contributed by atoms with E-state index < -0.39 is 0 Å². The van der Waals surface area contributed by atoms with Crippen molar-refractivity contribution in [2.24, 2.45) is 5.92 Å². The molecular formula is C20H26N6O. The lowest BCUT2D eigenvalue weighted by molar-refractivity contribution is -0.133. The monoisotopic (exact) mass is 366 g/mol. The van der Waals surface area contributed by atoms with Crippen molar-refractivity contribution in [3.05, 3.63) is 53.4 Å². The smallest absolute Gasteiger partial charge is 0.245 e. The summed E-state index contributed by atoms with van der Waals surface area (Å²) in [6.45, 7) is 7.65. The van der Waals surface area contributed by atoms with Gasteiger partial charge in [0.05, 0.1) is 12.6 Å². The quantitative estimate of drug-likeness (QED) is 0.753. The van der Waals surface area contributed by atoms with E-state index in [-0.39, 0.29) is 18.5 Å². The van der Waals surface area contributed by atoms with Gasteiger partial charge in [0.25, 0.3) is 0 Å². The number of amides is 1. The van der Waals surface area contributed by atoms with E-state index in [1.165, 1.54) is 11.1 Å². The van der Waals surface area contributed by atoms with Gasteiger partial charge in [-0.15, -0.1) is 5.10 Å². The number of carbonyl (C=O) groups is 1. The molecule has 1 unspecified atom stereocenters. The number of carbonyl (C=O) groups excluding carboxylic acids is 1. The molecule has 0 saturated heterocycles. The van der Waals surface area contributed by atoms with Gasteiger partial charge in [0, 0.05) is 19.6 Å². The number of hydrogen-bond donors (Lipinski definition) is 0. The summed E-state index contributed by atoms with van der Waals surface area (Å²) in [6.07, 6.45) is 5.22. The van der Waals surface area contributed by atoms with E-state index in [9.17, 15) is 4.79 Å². The molecule has 27 heavy (non-hydrogen) atoms. The van der Waals surface area contributed by atoms with Gasteiger partial charge < -0.3 is 4.90 Å². The second-order valence-corrected chi connectivity index (χ2v) is 7.69. The van der Waals surface area contributed by atoms with Crippen molar-refractivity contribution >= 4 is 5.91 Å². The van der Waals surface area contributed by atoms with Crippen LogP contribution < -0.4 is 0 Å². The molecule has 0 spiro atoms. The van der Waals surface area contributed by atoms with Crippen LogP contribution in [0.25, 0.3) is 0 Å². The lowest BCUT2D eigenvalue weighted by Crippen LogP contribution is -2.41. The Bertz CT molecular complexity index is 843. The first kappa shape index (κ1) is 17.9. The standard InChI is InChI=1S/C20H26N6O/c1-15(2)18-8-5-10-25(18)20(27)14-26-19(21-22-23-26)13-24-11-9-16-6-3-4-7-17(16)12-24/h3-8,15,18H,9-14H2,1-2H3. The maximum Gasteiger partial charge on any atom is 0.245 e. The Kier molecular flexibility index (Phi) is 5.03. The fourth-order valence-electron chi connectivity index (χ4n) is 3.96. The van der Waals surface area contributed by atoms with Crippen LogP contribution in [-0.2, 0) is 30.8 Å². The van der Waals surface area contributed by atoms with Gasteiger partial charge in [-0.05, 0) is 33.9 Å². The van der Waals surface area contributed by atoms with E-state index in [0.29, 0.717) is 19.0 Å². The van der Waals surface area contributed by atoms with Crippen LogP contribution in [-0.4, -0.2) is 55.0 Å². The number of fused-ring (bicyclic) bond motifs is 1. The van der Waals surface area contributed by atoms with E-state index in [0.717, 1.165) is 25.3 Å². The molecule has 4 rings (SSSR count). The lowest BCUT2D eigenvalue weighted by Gasteiger charge is -2.29. The molecule has 142 valence electrons. The van der Waals surface area contributed by atoms with Gasteiger partial charge >= 0.3 is 0 Å². The van der Waals surface area contributed by atoms with Crippen molar-refractivity contribution in [2.75, 3.05) is 13.1 Å². The van der Waals surface area contributed by atoms with E-state index in [1.54, 1.807) is 4.68 Å². The molecule has 7 heteroatoms. The molecule has 0 radical (unpaired) electrons. The molecule has 2 aliphatic rings. The van der Waals surface area contributed by atoms with Crippen molar-refractivity contribution in [2.45, 2.75) is 45.9 Å². The highest BCUT2D eigenvalue weighted by atomic mass is 16.2. The predicted molar refractivity (Wildman–Crippen MR) is 102 cm³/mol. The first-order valence-corrected chi connectivity index (χ1v) is 9.62. The van der Waals surface area contributed by atoms with Gasteiger partial charge in [0.2, 0.25) is 5.91 Å². The average Bonchev–Trinajstić information content (AvgIpc) is 3.31. The molecule has 1 aromatic carbocycles. The highest BCUT2D eigenvalue weighted by Crippen LogP contribution is 2.20. The van der Waals surface area contributed by atoms with Crippen molar-refractivity contribution in [1.82, 2.24) is 30.0 Å². The van der Waals surface area contributed by atoms with Crippen LogP contribution in [0.1, 0.15) is 30.8 Å². The molecule has 1 amide bonds. The highest BCUT2D eigenvalue weighted by molar-refractivity contribution is 5.77. The molecule has 0 N–H and O–H groups in total. The van der Waals surface area contributed by atoms with Crippen LogP contribution in [0.4, 0.5) is 0 Å². The molecular weight excluding hydrogens is 340 g/mol. The van der Waals surface area contributed by atoms with Crippen LogP contribution in [0, 0.1) is 5.92 Å². The minimum Gasteiger partial charge on any atom is -0.331 e. The first-order chi connectivity index (χ1) is 13.1. The molecule has 3 heterocycles. The van der Waals surface area contributed by atoms with Crippen LogP contribution in [0.5, 0.6) is 0 Å². The molecule has 7 nitrogen and oxygen atoms in total. The van der Waals surface area contributed by atoms with Gasteiger partial charge in [-0.2, -0.15) is 0 Å². The summed E-state index contributed by atoms with van der Waals surface area (Å²) in [5, 5.41) is 12.1. The van der Waals surface area contributed by atoms with Crippen molar-refractivity contribution < 1.29 is 4.79 Å². The normalized spacial score (nSPS) is 19.7. The zero-order valence-electron chi connectivity index (χ0n) is 16.0. The molecule has 1 atom stereocenters. The Morgan fingerprint density at radius 1 is 1.26 bits per heavy atom. The number of nitrogens with zero attached hydrogens (tertiary/aromatic N) is 6. The van der Waals surface area contributed by atoms with Crippen LogP contribution >= 0.6 is 0 Å². The van der Waals surface area contributed by atoms with E-state index in [4.69, 9.17) is 0 Å². The minimum absolute atomic E-state index is 0.0660. The summed E-state index contributed by atoms with van der Waals surface area (Å²) in [6, 6.07) is 8.72. The molecule has 1 aromatic heterocycles. The summed E-state index contributed by atoms with van der Waals surface area (Å²) >= 11 is 0. The fraction of sp³-hybridized carbons (Fsp3) is 0.500. The second-order valence-electron chi connectivity index (χ2n) is 7.69. The topological polar surface area (TPSA) is 67.2 Å². The van der Waals surface area contributed by atoms with E-state index >= 15 is 0 Å². The second kappa shape index (κ2) is 7.60. The minimum atomic E-state index is 0.0660. The number of hydrogen-bond acceptors (Lipinski definition) is 5. The Labute approximate surface area is 159 Å². The molecule has 0 bridgehead atoms. The zero-order chi connectivity index (χ0) is 18.8. The van der Waals surface area contributed by atoms with Crippen molar-refractivity contribution in [3.8, 4) is 0 Å². The van der Waals surface area contributed by atoms with Crippen LogP contribution in [0.2, 0.25) is 0 Å². The summed E-state index contributed by atoms with van der Waals surface area (Å²) in [5.74, 6) is 1.21. The third kappa shape index (κ3) is 3.78. The number of tetrazole rings is 1. The summed E-state index contributed by atoms with van der Waals surface area (Å²) < 4.78 is 1.65. The van der Waals surface area contributed by atoms with Crippen molar-refractivity contribution in [1.29, 1.82) is 0 Å². The lowest BCUT2D eigenvalue weighted by atomic mass is 10.00. The largest absolute Gasteiger partial charge is 0.331 e. The van der Waals surface area contributed by atoms with E-state index in [1.807, 2.05) is 4.90 Å². The highest BCUT2D eigenvalue weighted by Gasteiger charge is 2.28. The maximum absolute atomic E-state index is 12.8. The molecule has 0 fully saturated rings. The molecule has 2 aliphatic heterocycles. The number of rotatable bonds is 5. The van der Waals surface area contributed by atoms with Gasteiger partial charge in [0.1, 0.15) is 6.54 Å². The summed E-state index contributed by atoms with van der Waals surface area (Å²) in [5.41, 5.74) is 2.78. The third-order valence-corrected chi connectivity index (χ3v) is 5.46. The predicted octanol–water partition coefficient (Wildman–Crippen LogP) is 1.65. The zero-order valence-corrected chi connectivity index (χ0v) is 16.0. The Hall–Kier alpha value is -2.54. The third-order valence-electron chi connectivity index (χ3n) is 5.46. The summed E-state index contributed by atoms with van der Waals surface area (Å²) in [7, 11) is 0. The molecule has 2 aromatic rings. The molecule has 0 aliphatic carbocycles. The number of benzene rings is 1. The molecule has 0 saturated carbocycles. The van der Waals surface area contributed by atoms with E-state index in [2.05, 4.69) is 70.7 Å². The Morgan fingerprint density at radius 3 is 2.89 bits per heavy atom. The van der Waals surface area contributed by atoms with Gasteiger partial charge in [-0.3, -0.25) is 9.69 Å². The Morgan fingerprint density at radius 2 is 2.07 bits per heavy atom. The SMILES string of the molecule is CC(C)C1C=CCN1C(=O)Cn1nnnc1CN1CCc2ccccc2C1. The van der Waals surface area contributed by atoms with Crippen LogP contribution in [0.15, 0.2) is 36.4 Å². The van der Waals surface area contributed by atoms with Crippen molar-refractivity contribution in [3.63, 3.8) is 0 Å². The average molecular weight is 366 g/mol. The van der Waals surface area contributed by atoms with Gasteiger partial charge in [-0.25, -0.2) is 4.68 Å². The fourth-order valence-corrected chi connectivity index (χ4v) is 3.96. The van der Waals surface area contributed by atoms with Gasteiger partial charge in [0.15, 0.2) is 5.82 Å². The van der Waals surface area contributed by atoms with Crippen LogP contribution in [0.3, 0.4) is 0 Å². The van der Waals surface area contributed by atoms with Gasteiger partial charge in [-0.1, -0.05) is 50.3 Å².